The van der Waals surface area contributed by atoms with Crippen LogP contribution >= 0.6 is 27.5 Å². The first-order chi connectivity index (χ1) is 9.11. The van der Waals surface area contributed by atoms with Crippen molar-refractivity contribution in [2.24, 2.45) is 0 Å². The Labute approximate surface area is 123 Å². The van der Waals surface area contributed by atoms with E-state index in [1.807, 2.05) is 12.1 Å². The van der Waals surface area contributed by atoms with Gasteiger partial charge in [-0.25, -0.2) is 8.78 Å². The van der Waals surface area contributed by atoms with E-state index in [0.29, 0.717) is 21.7 Å². The zero-order valence-corrected chi connectivity index (χ0v) is 12.1. The number of alkyl halides is 1. The fourth-order valence-electron chi connectivity index (χ4n) is 1.61. The van der Waals surface area contributed by atoms with Crippen LogP contribution in [-0.4, -0.2) is 0 Å². The average Bonchev–Trinajstić information content (AvgIpc) is 2.41. The van der Waals surface area contributed by atoms with Crippen LogP contribution in [0.2, 0.25) is 5.02 Å². The van der Waals surface area contributed by atoms with E-state index in [4.69, 9.17) is 16.3 Å². The zero-order chi connectivity index (χ0) is 13.8. The topological polar surface area (TPSA) is 9.23 Å². The molecule has 19 heavy (non-hydrogen) atoms. The second-order valence-electron chi connectivity index (χ2n) is 3.90. The van der Waals surface area contributed by atoms with Crippen LogP contribution in [0, 0.1) is 11.6 Å². The van der Waals surface area contributed by atoms with Gasteiger partial charge in [0.05, 0.1) is 5.02 Å². The van der Waals surface area contributed by atoms with Crippen LogP contribution in [-0.2, 0) is 11.9 Å². The predicted molar refractivity (Wildman–Crippen MR) is 74.8 cm³/mol. The van der Waals surface area contributed by atoms with Gasteiger partial charge in [0.25, 0.3) is 0 Å². The molecule has 100 valence electrons. The van der Waals surface area contributed by atoms with Crippen molar-refractivity contribution in [3.63, 3.8) is 0 Å². The van der Waals surface area contributed by atoms with Gasteiger partial charge < -0.3 is 4.74 Å². The number of benzene rings is 2. The van der Waals surface area contributed by atoms with Crippen LogP contribution in [0.5, 0.6) is 5.75 Å². The van der Waals surface area contributed by atoms with Gasteiger partial charge in [0.15, 0.2) is 11.6 Å². The normalized spacial score (nSPS) is 10.5. The summed E-state index contributed by atoms with van der Waals surface area (Å²) in [5, 5.41) is 1.08. The van der Waals surface area contributed by atoms with Crippen LogP contribution in [0.15, 0.2) is 36.4 Å². The van der Waals surface area contributed by atoms with Crippen molar-refractivity contribution in [1.82, 2.24) is 0 Å². The average molecular weight is 348 g/mol. The fourth-order valence-corrected chi connectivity index (χ4v) is 2.30. The maximum atomic E-state index is 13.1. The monoisotopic (exact) mass is 346 g/mol. The van der Waals surface area contributed by atoms with Gasteiger partial charge in [-0.1, -0.05) is 45.7 Å². The van der Waals surface area contributed by atoms with Crippen molar-refractivity contribution in [3.8, 4) is 5.75 Å². The lowest BCUT2D eigenvalue weighted by atomic mass is 10.2. The first kappa shape index (κ1) is 14.3. The van der Waals surface area contributed by atoms with Crippen molar-refractivity contribution in [2.45, 2.75) is 11.9 Å². The molecule has 0 radical (unpaired) electrons. The Morgan fingerprint density at radius 1 is 1.11 bits per heavy atom. The van der Waals surface area contributed by atoms with Crippen LogP contribution in [0.4, 0.5) is 8.78 Å². The van der Waals surface area contributed by atoms with E-state index >= 15 is 0 Å². The molecular weight excluding hydrogens is 338 g/mol. The van der Waals surface area contributed by atoms with E-state index in [1.165, 1.54) is 6.07 Å². The molecule has 0 bridgehead atoms. The summed E-state index contributed by atoms with van der Waals surface area (Å²) in [6, 6.07) is 9.08. The number of ether oxygens (including phenoxy) is 1. The standard InChI is InChI=1S/C14H10BrClF2O/c15-7-10-2-1-3-11(16)14(10)19-8-9-4-5-12(17)13(18)6-9/h1-6H,7-8H2. The van der Waals surface area contributed by atoms with Gasteiger partial charge >= 0.3 is 0 Å². The Bertz CT molecular complexity index is 590. The molecule has 0 N–H and O–H groups in total. The van der Waals surface area contributed by atoms with Crippen LogP contribution < -0.4 is 4.74 Å². The summed E-state index contributed by atoms with van der Waals surface area (Å²) < 4.78 is 31.5. The van der Waals surface area contributed by atoms with Crippen molar-refractivity contribution >= 4 is 27.5 Å². The molecule has 0 saturated heterocycles. The lowest BCUT2D eigenvalue weighted by Crippen LogP contribution is -1.99. The van der Waals surface area contributed by atoms with Gasteiger partial charge in [0.1, 0.15) is 12.4 Å². The SMILES string of the molecule is Fc1ccc(COc2c(Cl)cccc2CBr)cc1F. The molecule has 2 rings (SSSR count). The van der Waals surface area contributed by atoms with Gasteiger partial charge in [-0.15, -0.1) is 0 Å². The molecule has 1 nitrogen and oxygen atoms in total. The minimum atomic E-state index is -0.888. The van der Waals surface area contributed by atoms with Gasteiger partial charge in [-0.3, -0.25) is 0 Å². The molecule has 0 aliphatic heterocycles. The quantitative estimate of drug-likeness (QED) is 0.700. The highest BCUT2D eigenvalue weighted by Gasteiger charge is 2.09. The van der Waals surface area contributed by atoms with Gasteiger partial charge in [-0.05, 0) is 23.8 Å². The van der Waals surface area contributed by atoms with Gasteiger partial charge in [-0.2, -0.15) is 0 Å². The Morgan fingerprint density at radius 3 is 2.58 bits per heavy atom. The molecule has 5 heteroatoms. The molecule has 0 aliphatic carbocycles. The van der Waals surface area contributed by atoms with E-state index in [1.54, 1.807) is 6.07 Å². The summed E-state index contributed by atoms with van der Waals surface area (Å²) in [6.07, 6.45) is 0. The number of halogens is 4. The Balaban J connectivity index is 2.16. The molecule has 0 heterocycles. The minimum Gasteiger partial charge on any atom is -0.487 e. The number of para-hydroxylation sites is 1. The number of hydrogen-bond donors (Lipinski definition) is 0. The molecule has 0 amide bonds. The largest absolute Gasteiger partial charge is 0.487 e. The minimum absolute atomic E-state index is 0.126. The molecule has 2 aromatic carbocycles. The molecule has 0 spiro atoms. The molecular formula is C14H10BrClF2O. The third kappa shape index (κ3) is 3.45. The second-order valence-corrected chi connectivity index (χ2v) is 4.87. The van der Waals surface area contributed by atoms with Crippen molar-refractivity contribution in [2.75, 3.05) is 0 Å². The second kappa shape index (κ2) is 6.35. The first-order valence-corrected chi connectivity index (χ1v) is 7.02. The molecule has 0 fully saturated rings. The zero-order valence-electron chi connectivity index (χ0n) is 9.80. The van der Waals surface area contributed by atoms with E-state index in [0.717, 1.165) is 17.7 Å². The van der Waals surface area contributed by atoms with E-state index in [-0.39, 0.29) is 6.61 Å². The summed E-state index contributed by atoms with van der Waals surface area (Å²) in [6.45, 7) is 0.126. The Morgan fingerprint density at radius 2 is 1.89 bits per heavy atom. The third-order valence-electron chi connectivity index (χ3n) is 2.56. The van der Waals surface area contributed by atoms with E-state index in [2.05, 4.69) is 15.9 Å². The maximum Gasteiger partial charge on any atom is 0.159 e. The highest BCUT2D eigenvalue weighted by Crippen LogP contribution is 2.30. The third-order valence-corrected chi connectivity index (χ3v) is 3.46. The summed E-state index contributed by atoms with van der Waals surface area (Å²) >= 11 is 9.39. The molecule has 0 saturated carbocycles. The smallest absolute Gasteiger partial charge is 0.159 e. The Hall–Kier alpha value is -1.13. The highest BCUT2D eigenvalue weighted by molar-refractivity contribution is 9.08. The van der Waals surface area contributed by atoms with E-state index < -0.39 is 11.6 Å². The highest BCUT2D eigenvalue weighted by atomic mass is 79.9. The molecule has 0 aliphatic rings. The lowest BCUT2D eigenvalue weighted by molar-refractivity contribution is 0.303. The van der Waals surface area contributed by atoms with Gasteiger partial charge in [0.2, 0.25) is 0 Å². The predicted octanol–water partition coefficient (Wildman–Crippen LogP) is 5.09. The maximum absolute atomic E-state index is 13.1. The molecule has 0 aromatic heterocycles. The van der Waals surface area contributed by atoms with Gasteiger partial charge in [0, 0.05) is 10.9 Å². The van der Waals surface area contributed by atoms with Crippen molar-refractivity contribution < 1.29 is 13.5 Å². The van der Waals surface area contributed by atoms with E-state index in [9.17, 15) is 8.78 Å². The molecule has 2 aromatic rings. The summed E-state index contributed by atoms with van der Waals surface area (Å²) in [5.74, 6) is -1.21. The molecule has 0 atom stereocenters. The number of hydrogen-bond acceptors (Lipinski definition) is 1. The summed E-state index contributed by atoms with van der Waals surface area (Å²) in [4.78, 5) is 0. The van der Waals surface area contributed by atoms with Crippen LogP contribution in [0.3, 0.4) is 0 Å². The Kier molecular flexibility index (Phi) is 4.77. The molecule has 0 unspecified atom stereocenters. The number of rotatable bonds is 4. The van der Waals surface area contributed by atoms with Crippen LogP contribution in [0.1, 0.15) is 11.1 Å². The summed E-state index contributed by atoms with van der Waals surface area (Å²) in [7, 11) is 0. The summed E-state index contributed by atoms with van der Waals surface area (Å²) in [5.41, 5.74) is 1.44. The lowest BCUT2D eigenvalue weighted by Gasteiger charge is -2.12. The van der Waals surface area contributed by atoms with Crippen LogP contribution in [0.25, 0.3) is 0 Å². The van der Waals surface area contributed by atoms with Crippen molar-refractivity contribution in [1.29, 1.82) is 0 Å². The first-order valence-electron chi connectivity index (χ1n) is 5.52. The fraction of sp³-hybridized carbons (Fsp3) is 0.143. The van der Waals surface area contributed by atoms with Crippen molar-refractivity contribution in [3.05, 3.63) is 64.2 Å².